The molecule has 0 amide bonds. The van der Waals surface area contributed by atoms with Gasteiger partial charge in [0.1, 0.15) is 0 Å². The lowest BCUT2D eigenvalue weighted by Gasteiger charge is -2.25. The lowest BCUT2D eigenvalue weighted by atomic mass is 9.84. The Hall–Kier alpha value is -1.26. The fraction of sp³-hybridized carbons (Fsp3) is 0.438. The highest BCUT2D eigenvalue weighted by atomic mass is 32.2. The van der Waals surface area contributed by atoms with E-state index in [0.29, 0.717) is 5.92 Å². The average molecular weight is 288 g/mol. The molecule has 0 spiro atoms. The SMILES string of the molecule is Cn1c(CO)cnc1SCC1CCCc2ccccc21. The molecule has 1 aromatic heterocycles. The topological polar surface area (TPSA) is 38.0 Å². The maximum Gasteiger partial charge on any atom is 0.167 e. The summed E-state index contributed by atoms with van der Waals surface area (Å²) in [4.78, 5) is 4.39. The third-order valence-corrected chi connectivity index (χ3v) is 5.32. The van der Waals surface area contributed by atoms with Gasteiger partial charge in [-0.3, -0.25) is 0 Å². The van der Waals surface area contributed by atoms with E-state index >= 15 is 0 Å². The van der Waals surface area contributed by atoms with Gasteiger partial charge in [0.15, 0.2) is 5.16 Å². The van der Waals surface area contributed by atoms with Crippen LogP contribution in [0.5, 0.6) is 0 Å². The van der Waals surface area contributed by atoms with E-state index in [-0.39, 0.29) is 6.61 Å². The van der Waals surface area contributed by atoms with Crippen LogP contribution in [0.3, 0.4) is 0 Å². The third-order valence-electron chi connectivity index (χ3n) is 4.11. The van der Waals surface area contributed by atoms with Crippen LogP contribution in [-0.2, 0) is 20.1 Å². The van der Waals surface area contributed by atoms with E-state index < -0.39 is 0 Å². The third kappa shape index (κ3) is 2.63. The van der Waals surface area contributed by atoms with Gasteiger partial charge in [-0.2, -0.15) is 0 Å². The van der Waals surface area contributed by atoms with E-state index in [1.807, 2.05) is 11.6 Å². The van der Waals surface area contributed by atoms with Crippen molar-refractivity contribution in [2.24, 2.45) is 7.05 Å². The second-order valence-electron chi connectivity index (χ2n) is 5.35. The lowest BCUT2D eigenvalue weighted by molar-refractivity contribution is 0.271. The summed E-state index contributed by atoms with van der Waals surface area (Å²) in [5, 5.41) is 10.2. The number of nitrogens with zero attached hydrogens (tertiary/aromatic N) is 2. The van der Waals surface area contributed by atoms with Crippen LogP contribution in [-0.4, -0.2) is 20.4 Å². The van der Waals surface area contributed by atoms with Gasteiger partial charge in [0.25, 0.3) is 0 Å². The predicted molar refractivity (Wildman–Crippen MR) is 82.0 cm³/mol. The van der Waals surface area contributed by atoms with Crippen LogP contribution < -0.4 is 0 Å². The largest absolute Gasteiger partial charge is 0.390 e. The Kier molecular flexibility index (Phi) is 4.13. The molecule has 0 saturated heterocycles. The molecular weight excluding hydrogens is 268 g/mol. The number of imidazole rings is 1. The van der Waals surface area contributed by atoms with Gasteiger partial charge in [-0.05, 0) is 36.3 Å². The first kappa shape index (κ1) is 13.7. The average Bonchev–Trinajstić information content (AvgIpc) is 2.85. The molecule has 106 valence electrons. The molecular formula is C16H20N2OS. The number of aryl methyl sites for hydroxylation is 1. The van der Waals surface area contributed by atoms with E-state index in [9.17, 15) is 5.11 Å². The number of hydrogen-bond donors (Lipinski definition) is 1. The summed E-state index contributed by atoms with van der Waals surface area (Å²) in [5.74, 6) is 1.69. The standard InChI is InChI=1S/C16H20N2OS/c1-18-14(10-19)9-17-16(18)20-11-13-7-4-6-12-5-2-3-8-15(12)13/h2-3,5,8-9,13,19H,4,6-7,10-11H2,1H3. The molecule has 20 heavy (non-hydrogen) atoms. The molecule has 1 aromatic carbocycles. The van der Waals surface area contributed by atoms with Crippen molar-refractivity contribution in [3.63, 3.8) is 0 Å². The second kappa shape index (κ2) is 6.02. The molecule has 1 atom stereocenters. The summed E-state index contributed by atoms with van der Waals surface area (Å²) < 4.78 is 1.99. The van der Waals surface area contributed by atoms with E-state index in [2.05, 4.69) is 29.2 Å². The second-order valence-corrected chi connectivity index (χ2v) is 6.34. The summed E-state index contributed by atoms with van der Waals surface area (Å²) in [5.41, 5.74) is 3.90. The van der Waals surface area contributed by atoms with Crippen molar-refractivity contribution >= 4 is 11.8 Å². The van der Waals surface area contributed by atoms with Crippen LogP contribution in [0.1, 0.15) is 35.6 Å². The summed E-state index contributed by atoms with van der Waals surface area (Å²) in [6.07, 6.45) is 5.53. The van der Waals surface area contributed by atoms with Crippen molar-refractivity contribution in [2.45, 2.75) is 36.9 Å². The summed E-state index contributed by atoms with van der Waals surface area (Å²) in [6.45, 7) is 0.0519. The zero-order chi connectivity index (χ0) is 13.9. The molecule has 0 saturated carbocycles. The van der Waals surface area contributed by atoms with Crippen LogP contribution in [0, 0.1) is 0 Å². The van der Waals surface area contributed by atoms with Gasteiger partial charge < -0.3 is 9.67 Å². The zero-order valence-corrected chi connectivity index (χ0v) is 12.6. The van der Waals surface area contributed by atoms with Crippen LogP contribution in [0.4, 0.5) is 0 Å². The highest BCUT2D eigenvalue weighted by molar-refractivity contribution is 7.99. The lowest BCUT2D eigenvalue weighted by Crippen LogP contribution is -2.12. The number of fused-ring (bicyclic) bond motifs is 1. The first-order chi connectivity index (χ1) is 9.79. The van der Waals surface area contributed by atoms with Crippen molar-refractivity contribution in [1.82, 2.24) is 9.55 Å². The number of hydrogen-bond acceptors (Lipinski definition) is 3. The quantitative estimate of drug-likeness (QED) is 0.878. The minimum absolute atomic E-state index is 0.0519. The van der Waals surface area contributed by atoms with E-state index in [4.69, 9.17) is 0 Å². The van der Waals surface area contributed by atoms with E-state index in [1.165, 1.54) is 30.4 Å². The minimum atomic E-state index is 0.0519. The van der Waals surface area contributed by atoms with Crippen molar-refractivity contribution in [2.75, 3.05) is 5.75 Å². The zero-order valence-electron chi connectivity index (χ0n) is 11.7. The van der Waals surface area contributed by atoms with Gasteiger partial charge in [-0.15, -0.1) is 0 Å². The first-order valence-electron chi connectivity index (χ1n) is 7.11. The smallest absolute Gasteiger partial charge is 0.167 e. The van der Waals surface area contributed by atoms with Gasteiger partial charge in [-0.25, -0.2) is 4.98 Å². The van der Waals surface area contributed by atoms with Crippen molar-refractivity contribution < 1.29 is 5.11 Å². The van der Waals surface area contributed by atoms with E-state index in [1.54, 1.807) is 18.0 Å². The molecule has 2 aromatic rings. The molecule has 3 nitrogen and oxygen atoms in total. The van der Waals surface area contributed by atoms with E-state index in [0.717, 1.165) is 16.6 Å². The number of benzene rings is 1. The molecule has 4 heteroatoms. The Bertz CT molecular complexity index is 594. The number of aliphatic hydroxyl groups is 1. The maximum atomic E-state index is 9.21. The molecule has 0 fully saturated rings. The molecule has 1 aliphatic rings. The van der Waals surface area contributed by atoms with Crippen LogP contribution in [0.25, 0.3) is 0 Å². The van der Waals surface area contributed by atoms with Gasteiger partial charge in [0.05, 0.1) is 18.5 Å². The van der Waals surface area contributed by atoms with Crippen LogP contribution in [0.15, 0.2) is 35.6 Å². The Balaban J connectivity index is 1.71. The molecule has 0 radical (unpaired) electrons. The summed E-state index contributed by atoms with van der Waals surface area (Å²) in [7, 11) is 1.97. The number of aliphatic hydroxyl groups excluding tert-OH is 1. The van der Waals surface area contributed by atoms with Gasteiger partial charge in [-0.1, -0.05) is 36.0 Å². The summed E-state index contributed by atoms with van der Waals surface area (Å²) >= 11 is 1.79. The van der Waals surface area contributed by atoms with Crippen LogP contribution >= 0.6 is 11.8 Å². The minimum Gasteiger partial charge on any atom is -0.390 e. The Morgan fingerprint density at radius 3 is 3.05 bits per heavy atom. The highest BCUT2D eigenvalue weighted by Gasteiger charge is 2.20. The van der Waals surface area contributed by atoms with Crippen molar-refractivity contribution in [3.05, 3.63) is 47.3 Å². The molecule has 3 rings (SSSR count). The Labute approximate surface area is 124 Å². The number of thioether (sulfide) groups is 1. The van der Waals surface area contributed by atoms with Gasteiger partial charge >= 0.3 is 0 Å². The molecule has 1 unspecified atom stereocenters. The highest BCUT2D eigenvalue weighted by Crippen LogP contribution is 2.35. The monoisotopic (exact) mass is 288 g/mol. The van der Waals surface area contributed by atoms with Gasteiger partial charge in [0.2, 0.25) is 0 Å². The molecule has 1 N–H and O–H groups in total. The fourth-order valence-corrected chi connectivity index (χ4v) is 4.04. The molecule has 0 aliphatic heterocycles. The van der Waals surface area contributed by atoms with Crippen molar-refractivity contribution in [1.29, 1.82) is 0 Å². The van der Waals surface area contributed by atoms with Crippen LogP contribution in [0.2, 0.25) is 0 Å². The number of rotatable bonds is 4. The van der Waals surface area contributed by atoms with Gasteiger partial charge in [0, 0.05) is 12.8 Å². The predicted octanol–water partition coefficient (Wildman–Crippen LogP) is 3.12. The molecule has 1 heterocycles. The van der Waals surface area contributed by atoms with Crippen molar-refractivity contribution in [3.8, 4) is 0 Å². The molecule has 1 aliphatic carbocycles. The Morgan fingerprint density at radius 1 is 1.40 bits per heavy atom. The molecule has 0 bridgehead atoms. The normalized spacial score (nSPS) is 18.0. The Morgan fingerprint density at radius 2 is 2.25 bits per heavy atom. The first-order valence-corrected chi connectivity index (χ1v) is 8.10. The summed E-state index contributed by atoms with van der Waals surface area (Å²) in [6, 6.07) is 8.82. The maximum absolute atomic E-state index is 9.21. The fourth-order valence-electron chi connectivity index (χ4n) is 2.91. The number of aromatic nitrogens is 2.